The van der Waals surface area contributed by atoms with Crippen LogP contribution in [0.15, 0.2) is 11.6 Å². The van der Waals surface area contributed by atoms with E-state index in [-0.39, 0.29) is 5.91 Å². The van der Waals surface area contributed by atoms with E-state index in [1.54, 1.807) is 11.3 Å². The highest BCUT2D eigenvalue weighted by atomic mass is 32.1. The summed E-state index contributed by atoms with van der Waals surface area (Å²) in [5.74, 6) is -1.65. The molecule has 0 unspecified atom stereocenters. The smallest absolute Gasteiger partial charge is 0.475 e. The minimum atomic E-state index is -5.08. The maximum atomic E-state index is 12.0. The number of ether oxygens (including phenoxy) is 1. The van der Waals surface area contributed by atoms with E-state index in [0.29, 0.717) is 30.4 Å². The van der Waals surface area contributed by atoms with Gasteiger partial charge in [0, 0.05) is 43.0 Å². The number of hydrogen-bond acceptors (Lipinski definition) is 6. The molecule has 3 atom stereocenters. The summed E-state index contributed by atoms with van der Waals surface area (Å²) in [5, 5.41) is 13.4. The zero-order valence-electron chi connectivity index (χ0n) is 15.0. The second-order valence-corrected chi connectivity index (χ2v) is 8.24. The predicted octanol–water partition coefficient (Wildman–Crippen LogP) is 1.89. The van der Waals surface area contributed by atoms with Crippen molar-refractivity contribution in [3.63, 3.8) is 0 Å². The van der Waals surface area contributed by atoms with Gasteiger partial charge < -0.3 is 15.2 Å². The quantitative estimate of drug-likeness (QED) is 0.755. The lowest BCUT2D eigenvalue weighted by Gasteiger charge is -2.18. The average Bonchev–Trinajstić information content (AvgIpc) is 2.98. The van der Waals surface area contributed by atoms with Crippen LogP contribution in [-0.2, 0) is 20.9 Å². The molecule has 0 radical (unpaired) electrons. The third-order valence-corrected chi connectivity index (χ3v) is 5.75. The molecule has 3 heterocycles. The van der Waals surface area contributed by atoms with Crippen LogP contribution in [0.2, 0.25) is 0 Å². The molecule has 156 valence electrons. The number of aliphatic carboxylic acids is 1. The molecule has 2 N–H and O–H groups in total. The van der Waals surface area contributed by atoms with Crippen LogP contribution in [0.25, 0.3) is 0 Å². The van der Waals surface area contributed by atoms with Gasteiger partial charge in [-0.25, -0.2) is 9.78 Å². The maximum Gasteiger partial charge on any atom is 0.490 e. The number of nitrogens with zero attached hydrogens (tertiary/aromatic N) is 2. The van der Waals surface area contributed by atoms with E-state index < -0.39 is 12.1 Å². The van der Waals surface area contributed by atoms with Gasteiger partial charge in [0.05, 0.1) is 19.3 Å². The number of thiazole rings is 1. The van der Waals surface area contributed by atoms with Crippen LogP contribution >= 0.6 is 11.3 Å². The normalized spacial score (nSPS) is 27.0. The van der Waals surface area contributed by atoms with Gasteiger partial charge in [0.1, 0.15) is 5.01 Å². The first-order chi connectivity index (χ1) is 13.2. The van der Waals surface area contributed by atoms with Gasteiger partial charge in [-0.15, -0.1) is 11.3 Å². The number of halogens is 3. The Balaban J connectivity index is 0.000000279. The Bertz CT molecular complexity index is 682. The van der Waals surface area contributed by atoms with Crippen LogP contribution in [0.3, 0.4) is 0 Å². The Labute approximate surface area is 163 Å². The molecular formula is C17H22F3N3O4S. The molecule has 1 aromatic rings. The van der Waals surface area contributed by atoms with E-state index in [1.165, 1.54) is 0 Å². The average molecular weight is 421 g/mol. The summed E-state index contributed by atoms with van der Waals surface area (Å²) in [4.78, 5) is 27.7. The molecular weight excluding hydrogens is 399 g/mol. The van der Waals surface area contributed by atoms with Crippen molar-refractivity contribution >= 4 is 23.2 Å². The van der Waals surface area contributed by atoms with E-state index in [2.05, 4.69) is 15.2 Å². The zero-order chi connectivity index (χ0) is 20.3. The zero-order valence-corrected chi connectivity index (χ0v) is 15.8. The van der Waals surface area contributed by atoms with Gasteiger partial charge in [0.25, 0.3) is 0 Å². The number of likely N-dealkylation sites (tertiary alicyclic amines) is 1. The maximum absolute atomic E-state index is 12.0. The first kappa shape index (κ1) is 21.0. The fraction of sp³-hybridized carbons (Fsp3) is 0.706. The van der Waals surface area contributed by atoms with Gasteiger partial charge in [0.15, 0.2) is 0 Å². The Kier molecular flexibility index (Phi) is 6.56. The molecule has 1 saturated carbocycles. The standard InChI is InChI=1S/C15H21N3O2S.C2HF3O2/c19-14(17-11-1-2-11)5-10-9-20-13-7-18(6-12(10)13)8-15-16-3-4-21-15;3-2(4,5)1(6)7/h3-4,10-13H,1-2,5-9H2,(H,17,19);(H,6,7)/t10-,12-,13-;/m1./s1. The molecule has 2 aliphatic heterocycles. The van der Waals surface area contributed by atoms with E-state index in [9.17, 15) is 18.0 Å². The SMILES string of the molecule is O=C(C[C@@H]1CO[C@@H]2CN(Cc3nccs3)C[C@H]12)NC1CC1.O=C(O)C(F)(F)F. The van der Waals surface area contributed by atoms with Crippen LogP contribution in [0.4, 0.5) is 13.2 Å². The summed E-state index contributed by atoms with van der Waals surface area (Å²) in [5.41, 5.74) is 0. The first-order valence-electron chi connectivity index (χ1n) is 9.04. The van der Waals surface area contributed by atoms with Crippen LogP contribution in [0.5, 0.6) is 0 Å². The van der Waals surface area contributed by atoms with Crippen LogP contribution in [0.1, 0.15) is 24.3 Å². The number of hydrogen-bond donors (Lipinski definition) is 2. The molecule has 28 heavy (non-hydrogen) atoms. The van der Waals surface area contributed by atoms with Gasteiger partial charge in [-0.1, -0.05) is 0 Å². The second-order valence-electron chi connectivity index (χ2n) is 7.26. The van der Waals surface area contributed by atoms with E-state index >= 15 is 0 Å². The van der Waals surface area contributed by atoms with E-state index in [0.717, 1.165) is 44.1 Å². The molecule has 0 bridgehead atoms. The Morgan fingerprint density at radius 1 is 1.36 bits per heavy atom. The molecule has 11 heteroatoms. The first-order valence-corrected chi connectivity index (χ1v) is 9.92. The fourth-order valence-electron chi connectivity index (χ4n) is 3.49. The number of amides is 1. The van der Waals surface area contributed by atoms with Crippen molar-refractivity contribution < 1.29 is 32.6 Å². The van der Waals surface area contributed by atoms with Crippen LogP contribution in [-0.4, -0.2) is 64.9 Å². The molecule has 3 aliphatic rings. The van der Waals surface area contributed by atoms with Gasteiger partial charge in [-0.2, -0.15) is 13.2 Å². The summed E-state index contributed by atoms with van der Waals surface area (Å²) < 4.78 is 37.7. The second kappa shape index (κ2) is 8.75. The number of carbonyl (C=O) groups is 2. The minimum absolute atomic E-state index is 0.213. The summed E-state index contributed by atoms with van der Waals surface area (Å²) in [6, 6.07) is 0.459. The van der Waals surface area contributed by atoms with Crippen molar-refractivity contribution in [2.75, 3.05) is 19.7 Å². The number of carboxylic acids is 1. The molecule has 3 fully saturated rings. The van der Waals surface area contributed by atoms with Gasteiger partial charge in [-0.3, -0.25) is 9.69 Å². The molecule has 0 spiro atoms. The lowest BCUT2D eigenvalue weighted by atomic mass is 9.90. The predicted molar refractivity (Wildman–Crippen MR) is 93.6 cm³/mol. The molecule has 4 rings (SSSR count). The Hall–Kier alpha value is -1.72. The van der Waals surface area contributed by atoms with Crippen molar-refractivity contribution in [2.45, 2.75) is 44.1 Å². The van der Waals surface area contributed by atoms with Crippen LogP contribution < -0.4 is 5.32 Å². The van der Waals surface area contributed by atoms with Crippen molar-refractivity contribution in [3.8, 4) is 0 Å². The number of nitrogens with one attached hydrogen (secondary N) is 1. The number of alkyl halides is 3. The summed E-state index contributed by atoms with van der Waals surface area (Å²) in [6.07, 6.45) is 0.0196. The highest BCUT2D eigenvalue weighted by molar-refractivity contribution is 7.09. The van der Waals surface area contributed by atoms with Gasteiger partial charge in [-0.05, 0) is 18.8 Å². The highest BCUT2D eigenvalue weighted by Crippen LogP contribution is 2.36. The Morgan fingerprint density at radius 2 is 2.07 bits per heavy atom. The molecule has 1 aliphatic carbocycles. The highest BCUT2D eigenvalue weighted by Gasteiger charge is 2.44. The molecule has 2 saturated heterocycles. The lowest BCUT2D eigenvalue weighted by Crippen LogP contribution is -2.31. The monoisotopic (exact) mass is 421 g/mol. The van der Waals surface area contributed by atoms with E-state index in [4.69, 9.17) is 14.6 Å². The number of carbonyl (C=O) groups excluding carboxylic acids is 1. The van der Waals surface area contributed by atoms with Gasteiger partial charge in [0.2, 0.25) is 5.91 Å². The number of rotatable bonds is 5. The minimum Gasteiger partial charge on any atom is -0.475 e. The Morgan fingerprint density at radius 3 is 2.64 bits per heavy atom. The van der Waals surface area contributed by atoms with Crippen molar-refractivity contribution in [3.05, 3.63) is 16.6 Å². The topological polar surface area (TPSA) is 91.8 Å². The summed E-state index contributed by atoms with van der Waals surface area (Å²) >= 11 is 1.71. The molecule has 7 nitrogen and oxygen atoms in total. The molecule has 1 aromatic heterocycles. The molecule has 1 amide bonds. The molecule has 0 aromatic carbocycles. The summed E-state index contributed by atoms with van der Waals surface area (Å²) in [6.45, 7) is 3.67. The van der Waals surface area contributed by atoms with Crippen LogP contribution in [0, 0.1) is 11.8 Å². The lowest BCUT2D eigenvalue weighted by molar-refractivity contribution is -0.192. The van der Waals surface area contributed by atoms with E-state index in [1.807, 2.05) is 11.6 Å². The fourth-order valence-corrected chi connectivity index (χ4v) is 4.15. The largest absolute Gasteiger partial charge is 0.490 e. The number of fused-ring (bicyclic) bond motifs is 1. The van der Waals surface area contributed by atoms with Crippen molar-refractivity contribution in [1.29, 1.82) is 0 Å². The van der Waals surface area contributed by atoms with Gasteiger partial charge >= 0.3 is 12.1 Å². The number of aromatic nitrogens is 1. The van der Waals surface area contributed by atoms with Crippen molar-refractivity contribution in [1.82, 2.24) is 15.2 Å². The number of carboxylic acid groups (broad SMARTS) is 1. The van der Waals surface area contributed by atoms with Crippen molar-refractivity contribution in [2.24, 2.45) is 11.8 Å². The summed E-state index contributed by atoms with van der Waals surface area (Å²) in [7, 11) is 0. The third kappa shape index (κ3) is 5.89. The third-order valence-electron chi connectivity index (χ3n) is 4.99.